The van der Waals surface area contributed by atoms with Gasteiger partial charge in [0.1, 0.15) is 0 Å². The average Bonchev–Trinajstić information content (AvgIpc) is 3.23. The summed E-state index contributed by atoms with van der Waals surface area (Å²) in [7, 11) is 0. The fraction of sp³-hybridized carbons (Fsp3) is 0.235. The number of esters is 1. The first kappa shape index (κ1) is 17.4. The van der Waals surface area contributed by atoms with Crippen molar-refractivity contribution in [2.24, 2.45) is 0 Å². The lowest BCUT2D eigenvalue weighted by Crippen LogP contribution is -2.33. The maximum atomic E-state index is 12.3. The van der Waals surface area contributed by atoms with Crippen LogP contribution in [0, 0.1) is 0 Å². The zero-order valence-electron chi connectivity index (χ0n) is 13.5. The van der Waals surface area contributed by atoms with Gasteiger partial charge in [0.05, 0.1) is 16.4 Å². The summed E-state index contributed by atoms with van der Waals surface area (Å²) in [6.45, 7) is 2.50. The van der Waals surface area contributed by atoms with Gasteiger partial charge in [-0.3, -0.25) is 9.89 Å². The van der Waals surface area contributed by atoms with Gasteiger partial charge in [0, 0.05) is 16.8 Å². The molecule has 1 amide bonds. The number of rotatable bonds is 6. The summed E-state index contributed by atoms with van der Waals surface area (Å²) >= 11 is 7.33. The molecule has 3 aromatic rings. The summed E-state index contributed by atoms with van der Waals surface area (Å²) in [5.74, 6) is -0.888. The van der Waals surface area contributed by atoms with Gasteiger partial charge in [-0.15, -0.1) is 11.3 Å². The number of carbonyl (C=O) groups is 2. The zero-order chi connectivity index (χ0) is 17.8. The van der Waals surface area contributed by atoms with Gasteiger partial charge >= 0.3 is 5.97 Å². The van der Waals surface area contributed by atoms with E-state index < -0.39 is 5.97 Å². The molecule has 0 aliphatic carbocycles. The van der Waals surface area contributed by atoms with E-state index in [1.165, 1.54) is 11.3 Å². The van der Waals surface area contributed by atoms with Crippen molar-refractivity contribution >= 4 is 45.7 Å². The van der Waals surface area contributed by atoms with Crippen molar-refractivity contribution in [2.75, 3.05) is 13.2 Å². The Bertz CT molecular complexity index is 905. The highest BCUT2D eigenvalue weighted by Gasteiger charge is 2.19. The number of hydrogen-bond donors (Lipinski definition) is 1. The second-order valence-electron chi connectivity index (χ2n) is 5.31. The molecule has 25 heavy (non-hydrogen) atoms. The van der Waals surface area contributed by atoms with Crippen molar-refractivity contribution in [2.45, 2.75) is 13.5 Å². The summed E-state index contributed by atoms with van der Waals surface area (Å²) in [5, 5.41) is 7.41. The molecule has 1 N–H and O–H groups in total. The minimum absolute atomic E-state index is 0.177. The van der Waals surface area contributed by atoms with Gasteiger partial charge in [-0.2, -0.15) is 5.10 Å². The molecule has 0 unspecified atom stereocenters. The van der Waals surface area contributed by atoms with Gasteiger partial charge in [-0.25, -0.2) is 4.79 Å². The van der Waals surface area contributed by atoms with Crippen molar-refractivity contribution in [3.63, 3.8) is 0 Å². The molecule has 3 rings (SSSR count). The highest BCUT2D eigenvalue weighted by molar-refractivity contribution is 7.16. The van der Waals surface area contributed by atoms with Crippen LogP contribution in [-0.4, -0.2) is 40.1 Å². The van der Waals surface area contributed by atoms with Gasteiger partial charge < -0.3 is 9.64 Å². The molecule has 0 atom stereocenters. The van der Waals surface area contributed by atoms with Crippen LogP contribution in [0.25, 0.3) is 10.9 Å². The van der Waals surface area contributed by atoms with Crippen molar-refractivity contribution in [1.82, 2.24) is 15.1 Å². The first-order chi connectivity index (χ1) is 12.1. The Morgan fingerprint density at radius 1 is 1.28 bits per heavy atom. The average molecular weight is 378 g/mol. The van der Waals surface area contributed by atoms with Crippen LogP contribution < -0.4 is 0 Å². The third-order valence-electron chi connectivity index (χ3n) is 3.70. The van der Waals surface area contributed by atoms with E-state index in [1.807, 2.05) is 31.2 Å². The summed E-state index contributed by atoms with van der Waals surface area (Å²) in [5.41, 5.74) is 0.919. The summed E-state index contributed by atoms with van der Waals surface area (Å²) in [6.07, 6.45) is 0. The van der Waals surface area contributed by atoms with Gasteiger partial charge in [-0.05, 0) is 25.1 Å². The fourth-order valence-electron chi connectivity index (χ4n) is 2.41. The molecule has 130 valence electrons. The topological polar surface area (TPSA) is 75.3 Å². The Balaban J connectivity index is 1.61. The smallest absolute Gasteiger partial charge is 0.359 e. The normalized spacial score (nSPS) is 10.8. The molecule has 0 saturated carbocycles. The van der Waals surface area contributed by atoms with E-state index in [9.17, 15) is 9.59 Å². The second kappa shape index (κ2) is 7.67. The minimum atomic E-state index is -0.624. The van der Waals surface area contributed by atoms with Crippen LogP contribution in [0.15, 0.2) is 36.4 Å². The van der Waals surface area contributed by atoms with E-state index in [1.54, 1.807) is 17.0 Å². The molecule has 0 fully saturated rings. The molecule has 0 spiro atoms. The molecular formula is C17H16ClN3O3S. The quantitative estimate of drug-likeness (QED) is 0.667. The van der Waals surface area contributed by atoms with E-state index in [-0.39, 0.29) is 18.2 Å². The van der Waals surface area contributed by atoms with Crippen molar-refractivity contribution in [3.8, 4) is 0 Å². The van der Waals surface area contributed by atoms with Crippen LogP contribution in [0.1, 0.15) is 22.3 Å². The number of fused-ring (bicyclic) bond motifs is 1. The second-order valence-corrected chi connectivity index (χ2v) is 7.11. The van der Waals surface area contributed by atoms with Crippen molar-refractivity contribution in [1.29, 1.82) is 0 Å². The van der Waals surface area contributed by atoms with Gasteiger partial charge in [0.25, 0.3) is 5.91 Å². The predicted molar refractivity (Wildman–Crippen MR) is 96.8 cm³/mol. The summed E-state index contributed by atoms with van der Waals surface area (Å²) < 4.78 is 5.82. The van der Waals surface area contributed by atoms with Crippen LogP contribution in [0.2, 0.25) is 4.34 Å². The maximum Gasteiger partial charge on any atom is 0.359 e. The number of aromatic nitrogens is 2. The van der Waals surface area contributed by atoms with Crippen LogP contribution in [0.4, 0.5) is 0 Å². The number of likely N-dealkylation sites (N-methyl/N-ethyl adjacent to an activating group) is 1. The van der Waals surface area contributed by atoms with Crippen LogP contribution in [-0.2, 0) is 16.1 Å². The maximum absolute atomic E-state index is 12.3. The SMILES string of the molecule is CCN(Cc1ccc(Cl)s1)C(=O)COC(=O)c1n[nH]c2ccccc12. The van der Waals surface area contributed by atoms with Crippen LogP contribution in [0.5, 0.6) is 0 Å². The lowest BCUT2D eigenvalue weighted by Gasteiger charge is -2.19. The number of carbonyl (C=O) groups excluding carboxylic acids is 2. The third kappa shape index (κ3) is 4.00. The highest BCUT2D eigenvalue weighted by atomic mass is 35.5. The Morgan fingerprint density at radius 3 is 2.80 bits per heavy atom. The van der Waals surface area contributed by atoms with Gasteiger partial charge in [-0.1, -0.05) is 29.8 Å². The molecule has 0 aliphatic rings. The molecule has 0 saturated heterocycles. The third-order valence-corrected chi connectivity index (χ3v) is 4.92. The summed E-state index contributed by atoms with van der Waals surface area (Å²) in [6, 6.07) is 10.9. The van der Waals surface area contributed by atoms with Gasteiger partial charge in [0.15, 0.2) is 12.3 Å². The molecule has 0 radical (unpaired) electrons. The largest absolute Gasteiger partial charge is 0.451 e. The summed E-state index contributed by atoms with van der Waals surface area (Å²) in [4.78, 5) is 27.1. The lowest BCUT2D eigenvalue weighted by molar-refractivity contribution is -0.134. The first-order valence-corrected chi connectivity index (χ1v) is 8.90. The number of ether oxygens (including phenoxy) is 1. The standard InChI is InChI=1S/C17H16ClN3O3S/c1-2-21(9-11-7-8-14(18)25-11)15(22)10-24-17(23)16-12-5-3-4-6-13(12)19-20-16/h3-8H,2,9-10H2,1H3,(H,19,20). The molecule has 0 aliphatic heterocycles. The van der Waals surface area contributed by atoms with Gasteiger partial charge in [0.2, 0.25) is 0 Å². The highest BCUT2D eigenvalue weighted by Crippen LogP contribution is 2.22. The fourth-order valence-corrected chi connectivity index (χ4v) is 3.51. The number of halogens is 1. The van der Waals surface area contributed by atoms with Crippen molar-refractivity contribution in [3.05, 3.63) is 51.3 Å². The number of H-pyrrole nitrogens is 1. The number of para-hydroxylation sites is 1. The van der Waals surface area contributed by atoms with E-state index in [4.69, 9.17) is 16.3 Å². The molecule has 6 nitrogen and oxygen atoms in total. The van der Waals surface area contributed by atoms with E-state index in [0.717, 1.165) is 10.4 Å². The molecule has 1 aromatic carbocycles. The predicted octanol–water partition coefficient (Wildman–Crippen LogP) is 3.48. The number of nitrogens with one attached hydrogen (secondary N) is 1. The number of nitrogens with zero attached hydrogens (tertiary/aromatic N) is 2. The molecular weight excluding hydrogens is 362 g/mol. The first-order valence-electron chi connectivity index (χ1n) is 7.70. The van der Waals surface area contributed by atoms with E-state index in [0.29, 0.717) is 22.8 Å². The lowest BCUT2D eigenvalue weighted by atomic mass is 10.2. The Morgan fingerprint density at radius 2 is 2.08 bits per heavy atom. The molecule has 2 aromatic heterocycles. The van der Waals surface area contributed by atoms with Crippen molar-refractivity contribution < 1.29 is 14.3 Å². The molecule has 8 heteroatoms. The number of benzene rings is 1. The number of thiophene rings is 1. The Hall–Kier alpha value is -2.38. The molecule has 2 heterocycles. The van der Waals surface area contributed by atoms with E-state index >= 15 is 0 Å². The Labute approximate surface area is 153 Å². The van der Waals surface area contributed by atoms with Crippen LogP contribution >= 0.6 is 22.9 Å². The van der Waals surface area contributed by atoms with E-state index in [2.05, 4.69) is 10.2 Å². The monoisotopic (exact) mass is 377 g/mol. The number of amides is 1. The Kier molecular flexibility index (Phi) is 5.35. The van der Waals surface area contributed by atoms with Crippen LogP contribution in [0.3, 0.4) is 0 Å². The molecule has 0 bridgehead atoms. The minimum Gasteiger partial charge on any atom is -0.451 e. The zero-order valence-corrected chi connectivity index (χ0v) is 15.1. The number of aromatic amines is 1. The number of hydrogen-bond acceptors (Lipinski definition) is 5.